The number of hydrogen-bond acceptors (Lipinski definition) is 7. The summed E-state index contributed by atoms with van der Waals surface area (Å²) < 4.78 is 28.4. The summed E-state index contributed by atoms with van der Waals surface area (Å²) in [5.74, 6) is 1.62. The van der Waals surface area contributed by atoms with Crippen molar-refractivity contribution >= 4 is 11.9 Å². The van der Waals surface area contributed by atoms with Crippen LogP contribution in [0.1, 0.15) is 103 Å². The molecule has 0 radical (unpaired) electrons. The summed E-state index contributed by atoms with van der Waals surface area (Å²) in [6, 6.07) is 25.6. The van der Waals surface area contributed by atoms with E-state index in [-0.39, 0.29) is 5.92 Å². The number of carbonyl (C=O) groups excluding carboxylic acids is 2. The molecule has 1 heterocycles. The SMILES string of the molecule is CCCCCCCCOc1ccc(C(=O)Oc2ccc3c(c2)C(C)c2cc(OC(=O)c4ccc(OCCCC5CO5)cc4)ccc2-3)cc1. The van der Waals surface area contributed by atoms with Crippen LogP contribution in [-0.2, 0) is 4.74 Å². The first-order valence-electron chi connectivity index (χ1n) is 17.3. The van der Waals surface area contributed by atoms with Crippen molar-refractivity contribution in [3.63, 3.8) is 0 Å². The minimum absolute atomic E-state index is 0.0262. The molecular formula is C41H44O7. The van der Waals surface area contributed by atoms with Crippen LogP contribution in [0.25, 0.3) is 11.1 Å². The Kier molecular flexibility index (Phi) is 11.1. The number of rotatable bonds is 17. The van der Waals surface area contributed by atoms with Gasteiger partial charge in [0, 0.05) is 5.92 Å². The van der Waals surface area contributed by atoms with Crippen LogP contribution in [0.2, 0.25) is 0 Å². The number of ether oxygens (including phenoxy) is 5. The first-order valence-corrected chi connectivity index (χ1v) is 17.3. The van der Waals surface area contributed by atoms with Crippen LogP contribution in [0.15, 0.2) is 84.9 Å². The average Bonchev–Trinajstić information content (AvgIpc) is 3.90. The number of benzene rings is 4. The van der Waals surface area contributed by atoms with Crippen LogP contribution in [-0.4, -0.2) is 37.9 Å². The van der Waals surface area contributed by atoms with E-state index in [1.165, 1.54) is 32.1 Å². The molecule has 0 spiro atoms. The summed E-state index contributed by atoms with van der Waals surface area (Å²) >= 11 is 0. The predicted molar refractivity (Wildman–Crippen MR) is 186 cm³/mol. The number of carbonyl (C=O) groups is 2. The van der Waals surface area contributed by atoms with Gasteiger partial charge in [-0.05, 0) is 114 Å². The van der Waals surface area contributed by atoms with Gasteiger partial charge in [-0.2, -0.15) is 0 Å². The highest BCUT2D eigenvalue weighted by Gasteiger charge is 2.27. The monoisotopic (exact) mass is 648 g/mol. The molecule has 1 saturated heterocycles. The molecule has 4 aromatic rings. The molecule has 1 fully saturated rings. The molecule has 2 unspecified atom stereocenters. The highest BCUT2D eigenvalue weighted by Crippen LogP contribution is 2.47. The molecule has 7 heteroatoms. The summed E-state index contributed by atoms with van der Waals surface area (Å²) in [6.45, 7) is 6.47. The fourth-order valence-electron chi connectivity index (χ4n) is 6.10. The Morgan fingerprint density at radius 2 is 1.08 bits per heavy atom. The molecular weight excluding hydrogens is 604 g/mol. The molecule has 2 atom stereocenters. The summed E-state index contributed by atoms with van der Waals surface area (Å²) in [4.78, 5) is 25.9. The minimum Gasteiger partial charge on any atom is -0.494 e. The van der Waals surface area contributed by atoms with Crippen LogP contribution < -0.4 is 18.9 Å². The predicted octanol–water partition coefficient (Wildman–Crippen LogP) is 9.55. The molecule has 0 bridgehead atoms. The van der Waals surface area contributed by atoms with E-state index >= 15 is 0 Å². The van der Waals surface area contributed by atoms with Gasteiger partial charge in [-0.15, -0.1) is 0 Å². The summed E-state index contributed by atoms with van der Waals surface area (Å²) in [6.07, 6.45) is 9.62. The maximum atomic E-state index is 13.0. The van der Waals surface area contributed by atoms with Crippen molar-refractivity contribution in [1.82, 2.24) is 0 Å². The quantitative estimate of drug-likeness (QED) is 0.0488. The molecule has 0 amide bonds. The molecule has 0 N–H and O–H groups in total. The van der Waals surface area contributed by atoms with Crippen molar-refractivity contribution < 1.29 is 33.3 Å². The van der Waals surface area contributed by atoms with E-state index in [1.54, 1.807) is 36.4 Å². The van der Waals surface area contributed by atoms with E-state index < -0.39 is 11.9 Å². The van der Waals surface area contributed by atoms with Crippen LogP contribution in [0.5, 0.6) is 23.0 Å². The van der Waals surface area contributed by atoms with Gasteiger partial charge in [-0.3, -0.25) is 0 Å². The van der Waals surface area contributed by atoms with Gasteiger partial charge < -0.3 is 23.7 Å². The van der Waals surface area contributed by atoms with Crippen LogP contribution in [0.3, 0.4) is 0 Å². The Morgan fingerprint density at radius 3 is 1.58 bits per heavy atom. The third kappa shape index (κ3) is 8.64. The number of hydrogen-bond donors (Lipinski definition) is 0. The Hall–Kier alpha value is -4.62. The van der Waals surface area contributed by atoms with E-state index in [0.717, 1.165) is 59.6 Å². The second kappa shape index (κ2) is 16.0. The van der Waals surface area contributed by atoms with E-state index in [2.05, 4.69) is 13.8 Å². The van der Waals surface area contributed by atoms with Crippen molar-refractivity contribution in [2.45, 2.75) is 77.2 Å². The molecule has 4 aromatic carbocycles. The van der Waals surface area contributed by atoms with E-state index in [4.69, 9.17) is 23.7 Å². The van der Waals surface area contributed by atoms with Crippen molar-refractivity contribution in [2.24, 2.45) is 0 Å². The highest BCUT2D eigenvalue weighted by atomic mass is 16.6. The Bertz CT molecular complexity index is 1690. The lowest BCUT2D eigenvalue weighted by atomic mass is 9.99. The molecule has 1 aliphatic heterocycles. The lowest BCUT2D eigenvalue weighted by Gasteiger charge is -2.11. The van der Waals surface area contributed by atoms with E-state index in [9.17, 15) is 9.59 Å². The maximum absolute atomic E-state index is 13.0. The third-order valence-corrected chi connectivity index (χ3v) is 8.98. The van der Waals surface area contributed by atoms with Crippen LogP contribution >= 0.6 is 0 Å². The Balaban J connectivity index is 1.01. The van der Waals surface area contributed by atoms with Gasteiger partial charge in [0.1, 0.15) is 23.0 Å². The molecule has 250 valence electrons. The first-order chi connectivity index (χ1) is 23.5. The second-order valence-corrected chi connectivity index (χ2v) is 12.6. The van der Waals surface area contributed by atoms with Gasteiger partial charge in [0.2, 0.25) is 0 Å². The lowest BCUT2D eigenvalue weighted by molar-refractivity contribution is 0.0725. The fraction of sp³-hybridized carbons (Fsp3) is 0.366. The Labute approximate surface area is 283 Å². The summed E-state index contributed by atoms with van der Waals surface area (Å²) in [5.41, 5.74) is 5.16. The lowest BCUT2D eigenvalue weighted by Crippen LogP contribution is -2.09. The molecule has 0 aromatic heterocycles. The number of esters is 2. The molecule has 1 aliphatic carbocycles. The number of fused-ring (bicyclic) bond motifs is 3. The van der Waals surface area contributed by atoms with Gasteiger partial charge >= 0.3 is 11.9 Å². The standard InChI is InChI=1S/C41H44O7/c1-3-4-5-6-7-8-23-44-31-15-11-29(12-16-31)40(42)47-33-19-21-36-37-22-20-34(26-39(37)28(2)38(36)25-33)48-41(43)30-13-17-32(18-14-30)45-24-9-10-35-27-46-35/h11-22,25-26,28,35H,3-10,23-24,27H2,1-2H3. The maximum Gasteiger partial charge on any atom is 0.343 e. The van der Waals surface area contributed by atoms with Crippen molar-refractivity contribution in [3.05, 3.63) is 107 Å². The summed E-state index contributed by atoms with van der Waals surface area (Å²) in [7, 11) is 0. The zero-order chi connectivity index (χ0) is 33.3. The molecule has 0 saturated carbocycles. The molecule has 6 rings (SSSR count). The average molecular weight is 649 g/mol. The van der Waals surface area contributed by atoms with Crippen molar-refractivity contribution in [1.29, 1.82) is 0 Å². The first kappa shape index (κ1) is 33.3. The number of epoxide rings is 1. The highest BCUT2D eigenvalue weighted by molar-refractivity contribution is 5.92. The van der Waals surface area contributed by atoms with Gasteiger partial charge in [-0.25, -0.2) is 9.59 Å². The second-order valence-electron chi connectivity index (χ2n) is 12.6. The van der Waals surface area contributed by atoms with Crippen LogP contribution in [0, 0.1) is 0 Å². The van der Waals surface area contributed by atoms with Gasteiger partial charge in [-0.1, -0.05) is 58.1 Å². The molecule has 48 heavy (non-hydrogen) atoms. The van der Waals surface area contributed by atoms with Gasteiger partial charge in [0.05, 0.1) is 37.1 Å². The van der Waals surface area contributed by atoms with Crippen molar-refractivity contribution in [2.75, 3.05) is 19.8 Å². The normalized spacial score (nSPS) is 15.7. The molecule has 7 nitrogen and oxygen atoms in total. The Morgan fingerprint density at radius 1 is 0.625 bits per heavy atom. The van der Waals surface area contributed by atoms with Gasteiger partial charge in [0.25, 0.3) is 0 Å². The zero-order valence-corrected chi connectivity index (χ0v) is 27.9. The minimum atomic E-state index is -0.429. The number of unbranched alkanes of at least 4 members (excludes halogenated alkanes) is 5. The van der Waals surface area contributed by atoms with Crippen molar-refractivity contribution in [3.8, 4) is 34.1 Å². The smallest absolute Gasteiger partial charge is 0.343 e. The van der Waals surface area contributed by atoms with Gasteiger partial charge in [0.15, 0.2) is 0 Å². The van der Waals surface area contributed by atoms with Crippen LogP contribution in [0.4, 0.5) is 0 Å². The topological polar surface area (TPSA) is 83.6 Å². The van der Waals surface area contributed by atoms with E-state index in [1.807, 2.05) is 48.5 Å². The molecule has 2 aliphatic rings. The largest absolute Gasteiger partial charge is 0.494 e. The fourth-order valence-corrected chi connectivity index (χ4v) is 6.10. The zero-order valence-electron chi connectivity index (χ0n) is 27.9. The third-order valence-electron chi connectivity index (χ3n) is 8.98. The van der Waals surface area contributed by atoms with E-state index in [0.29, 0.717) is 41.9 Å². The summed E-state index contributed by atoms with van der Waals surface area (Å²) in [5, 5.41) is 0.